The fraction of sp³-hybridized carbons (Fsp3) is 0.462. The van der Waals surface area contributed by atoms with Crippen LogP contribution in [0.5, 0.6) is 0 Å². The van der Waals surface area contributed by atoms with Gasteiger partial charge in [0.25, 0.3) is 0 Å². The quantitative estimate of drug-likeness (QED) is 0.940. The van der Waals surface area contributed by atoms with Crippen LogP contribution in [0, 0.1) is 6.92 Å². The third-order valence-corrected chi connectivity index (χ3v) is 4.07. The predicted octanol–water partition coefficient (Wildman–Crippen LogP) is 2.38. The van der Waals surface area contributed by atoms with Crippen molar-refractivity contribution in [2.75, 3.05) is 5.32 Å². The molecule has 0 saturated heterocycles. The molecule has 0 aliphatic heterocycles. The van der Waals surface area contributed by atoms with Crippen LogP contribution < -0.4 is 5.32 Å². The molecule has 0 spiro atoms. The smallest absolute Gasteiger partial charge is 0.317 e. The van der Waals surface area contributed by atoms with E-state index in [2.05, 4.69) is 15.4 Å². The van der Waals surface area contributed by atoms with Crippen molar-refractivity contribution in [1.82, 2.24) is 19.7 Å². The van der Waals surface area contributed by atoms with Crippen molar-refractivity contribution < 1.29 is 4.79 Å². The second-order valence-corrected chi connectivity index (χ2v) is 5.96. The summed E-state index contributed by atoms with van der Waals surface area (Å²) in [6.07, 6.45) is 5.89. The van der Waals surface area contributed by atoms with Crippen LogP contribution in [-0.4, -0.2) is 31.7 Å². The number of aromatic nitrogens is 3. The van der Waals surface area contributed by atoms with E-state index in [0.717, 1.165) is 24.1 Å². The third-order valence-electron chi connectivity index (χ3n) is 3.19. The van der Waals surface area contributed by atoms with Gasteiger partial charge >= 0.3 is 6.03 Å². The first-order valence-electron chi connectivity index (χ1n) is 6.59. The van der Waals surface area contributed by atoms with Gasteiger partial charge in [0.15, 0.2) is 5.13 Å². The molecule has 1 saturated carbocycles. The van der Waals surface area contributed by atoms with Gasteiger partial charge in [-0.2, -0.15) is 5.10 Å². The number of nitrogens with one attached hydrogen (secondary N) is 1. The zero-order valence-corrected chi connectivity index (χ0v) is 12.4. The summed E-state index contributed by atoms with van der Waals surface area (Å²) in [7, 11) is 1.88. The Morgan fingerprint density at radius 2 is 2.40 bits per heavy atom. The highest BCUT2D eigenvalue weighted by Gasteiger charge is 2.33. The minimum atomic E-state index is -0.0781. The molecule has 1 fully saturated rings. The number of urea groups is 1. The van der Waals surface area contributed by atoms with Crippen LogP contribution >= 0.6 is 11.3 Å². The molecule has 2 amide bonds. The summed E-state index contributed by atoms with van der Waals surface area (Å²) in [5.41, 5.74) is 1.97. The van der Waals surface area contributed by atoms with Gasteiger partial charge in [-0.15, -0.1) is 11.3 Å². The number of thiazole rings is 1. The molecule has 0 radical (unpaired) electrons. The minimum absolute atomic E-state index is 0.0781. The maximum atomic E-state index is 12.4. The molecule has 1 aliphatic rings. The molecule has 0 aromatic carbocycles. The van der Waals surface area contributed by atoms with Crippen molar-refractivity contribution in [3.63, 3.8) is 0 Å². The number of hydrogen-bond acceptors (Lipinski definition) is 4. The highest BCUT2D eigenvalue weighted by molar-refractivity contribution is 7.13. The van der Waals surface area contributed by atoms with Crippen LogP contribution in [0.4, 0.5) is 9.93 Å². The van der Waals surface area contributed by atoms with Gasteiger partial charge in [-0.05, 0) is 19.8 Å². The van der Waals surface area contributed by atoms with Crippen LogP contribution in [0.15, 0.2) is 17.8 Å². The molecule has 1 N–H and O–H groups in total. The predicted molar refractivity (Wildman–Crippen MR) is 77.6 cm³/mol. The zero-order chi connectivity index (χ0) is 14.1. The average molecular weight is 291 g/mol. The minimum Gasteiger partial charge on any atom is -0.317 e. The first-order chi connectivity index (χ1) is 9.61. The highest BCUT2D eigenvalue weighted by atomic mass is 32.1. The molecule has 2 aromatic heterocycles. The zero-order valence-electron chi connectivity index (χ0n) is 11.5. The Hall–Kier alpha value is -1.89. The van der Waals surface area contributed by atoms with E-state index in [0.29, 0.717) is 17.7 Å². The fourth-order valence-electron chi connectivity index (χ4n) is 2.08. The van der Waals surface area contributed by atoms with Gasteiger partial charge in [0.05, 0.1) is 18.4 Å². The molecule has 6 nitrogen and oxygen atoms in total. The van der Waals surface area contributed by atoms with E-state index in [1.807, 2.05) is 30.4 Å². The second kappa shape index (κ2) is 5.24. The molecule has 3 rings (SSSR count). The first kappa shape index (κ1) is 13.1. The van der Waals surface area contributed by atoms with E-state index in [1.54, 1.807) is 10.9 Å². The van der Waals surface area contributed by atoms with Gasteiger partial charge in [-0.25, -0.2) is 9.78 Å². The van der Waals surface area contributed by atoms with Crippen LogP contribution in [0.2, 0.25) is 0 Å². The molecule has 2 heterocycles. The maximum Gasteiger partial charge on any atom is 0.324 e. The molecule has 7 heteroatoms. The van der Waals surface area contributed by atoms with E-state index in [1.165, 1.54) is 11.3 Å². The number of amides is 2. The first-order valence-corrected chi connectivity index (χ1v) is 7.47. The van der Waals surface area contributed by atoms with E-state index in [-0.39, 0.29) is 6.03 Å². The van der Waals surface area contributed by atoms with Crippen molar-refractivity contribution in [3.8, 4) is 0 Å². The standard InChI is InChI=1S/C13H17N5OS/c1-9-8-20-12(15-9)16-13(19)18(11-3-4-11)7-10-5-14-17(2)6-10/h5-6,8,11H,3-4,7H2,1-2H3,(H,15,16,19). The molecular weight excluding hydrogens is 274 g/mol. The van der Waals surface area contributed by atoms with E-state index < -0.39 is 0 Å². The normalized spacial score (nSPS) is 14.3. The largest absolute Gasteiger partial charge is 0.324 e. The second-order valence-electron chi connectivity index (χ2n) is 5.11. The molecule has 2 aromatic rings. The lowest BCUT2D eigenvalue weighted by molar-refractivity contribution is 0.206. The fourth-order valence-corrected chi connectivity index (χ4v) is 2.76. The Bertz CT molecular complexity index is 616. The lowest BCUT2D eigenvalue weighted by atomic mass is 10.3. The highest BCUT2D eigenvalue weighted by Crippen LogP contribution is 2.29. The van der Waals surface area contributed by atoms with E-state index in [9.17, 15) is 4.79 Å². The van der Waals surface area contributed by atoms with Crippen LogP contribution in [0.25, 0.3) is 0 Å². The van der Waals surface area contributed by atoms with Gasteiger partial charge in [0.1, 0.15) is 0 Å². The van der Waals surface area contributed by atoms with Crippen LogP contribution in [0.3, 0.4) is 0 Å². The van der Waals surface area contributed by atoms with E-state index >= 15 is 0 Å². The Morgan fingerprint density at radius 3 is 2.95 bits per heavy atom. The number of nitrogens with zero attached hydrogens (tertiary/aromatic N) is 4. The van der Waals surface area contributed by atoms with Crippen molar-refractivity contribution >= 4 is 22.5 Å². The lowest BCUT2D eigenvalue weighted by Crippen LogP contribution is -2.36. The maximum absolute atomic E-state index is 12.4. The number of aryl methyl sites for hydroxylation is 2. The van der Waals surface area contributed by atoms with Gasteiger partial charge in [-0.3, -0.25) is 10.00 Å². The summed E-state index contributed by atoms with van der Waals surface area (Å²) >= 11 is 1.45. The summed E-state index contributed by atoms with van der Waals surface area (Å²) in [5, 5.41) is 9.61. The average Bonchev–Trinajstić information content (AvgIpc) is 3.04. The van der Waals surface area contributed by atoms with Crippen LogP contribution in [-0.2, 0) is 13.6 Å². The number of hydrogen-bond donors (Lipinski definition) is 1. The Kier molecular flexibility index (Phi) is 3.43. The molecule has 20 heavy (non-hydrogen) atoms. The summed E-state index contributed by atoms with van der Waals surface area (Å²) < 4.78 is 1.75. The monoisotopic (exact) mass is 291 g/mol. The van der Waals surface area contributed by atoms with Gasteiger partial charge in [0.2, 0.25) is 0 Å². The van der Waals surface area contributed by atoms with Crippen molar-refractivity contribution in [2.24, 2.45) is 7.05 Å². The Morgan fingerprint density at radius 1 is 1.60 bits per heavy atom. The summed E-state index contributed by atoms with van der Waals surface area (Å²) in [6.45, 7) is 2.51. The van der Waals surface area contributed by atoms with Crippen molar-refractivity contribution in [3.05, 3.63) is 29.0 Å². The number of anilines is 1. The molecular formula is C13H17N5OS. The summed E-state index contributed by atoms with van der Waals surface area (Å²) in [6, 6.07) is 0.266. The third kappa shape index (κ3) is 2.98. The number of carbonyl (C=O) groups excluding carboxylic acids is 1. The summed E-state index contributed by atoms with van der Waals surface area (Å²) in [4.78, 5) is 18.5. The molecule has 0 unspecified atom stereocenters. The number of rotatable bonds is 4. The molecule has 1 aliphatic carbocycles. The molecule has 0 bridgehead atoms. The Labute approximate surface area is 121 Å². The SMILES string of the molecule is Cc1csc(NC(=O)N(Cc2cnn(C)c2)C2CC2)n1. The lowest BCUT2D eigenvalue weighted by Gasteiger charge is -2.21. The van der Waals surface area contributed by atoms with Gasteiger partial charge in [0, 0.05) is 30.2 Å². The molecule has 0 atom stereocenters. The number of carbonyl (C=O) groups is 1. The van der Waals surface area contributed by atoms with Gasteiger partial charge < -0.3 is 4.90 Å². The summed E-state index contributed by atoms with van der Waals surface area (Å²) in [5.74, 6) is 0. The Balaban J connectivity index is 1.68. The van der Waals surface area contributed by atoms with Crippen molar-refractivity contribution in [1.29, 1.82) is 0 Å². The topological polar surface area (TPSA) is 63.1 Å². The van der Waals surface area contributed by atoms with Gasteiger partial charge in [-0.1, -0.05) is 0 Å². The van der Waals surface area contributed by atoms with Crippen molar-refractivity contribution in [2.45, 2.75) is 32.4 Å². The van der Waals surface area contributed by atoms with E-state index in [4.69, 9.17) is 0 Å². The molecule has 106 valence electrons. The van der Waals surface area contributed by atoms with Crippen LogP contribution in [0.1, 0.15) is 24.1 Å².